The van der Waals surface area contributed by atoms with E-state index in [4.69, 9.17) is 0 Å². The molecule has 1 unspecified atom stereocenters. The highest BCUT2D eigenvalue weighted by Gasteiger charge is 2.37. The first-order valence-electron chi connectivity index (χ1n) is 10.7. The molecule has 1 aliphatic carbocycles. The van der Waals surface area contributed by atoms with Crippen LogP contribution < -0.4 is 10.2 Å². The van der Waals surface area contributed by atoms with Gasteiger partial charge in [0.05, 0.1) is 25.0 Å². The molecule has 3 atom stereocenters. The second-order valence-corrected chi connectivity index (χ2v) is 8.43. The fraction of sp³-hybridized carbons (Fsp3) is 0.500. The first-order valence-corrected chi connectivity index (χ1v) is 10.7. The zero-order chi connectivity index (χ0) is 17.6. The van der Waals surface area contributed by atoms with Crippen molar-refractivity contribution in [3.8, 4) is 0 Å². The van der Waals surface area contributed by atoms with Crippen LogP contribution in [0, 0.1) is 0 Å². The van der Waals surface area contributed by atoms with E-state index >= 15 is 0 Å². The molecule has 2 nitrogen and oxygen atoms in total. The summed E-state index contributed by atoms with van der Waals surface area (Å²) in [7, 11) is 0. The zero-order valence-corrected chi connectivity index (χ0v) is 15.9. The largest absolute Gasteiger partial charge is 0.341 e. The van der Waals surface area contributed by atoms with E-state index in [-0.39, 0.29) is 0 Å². The van der Waals surface area contributed by atoms with Crippen LogP contribution in [-0.2, 0) is 6.54 Å². The number of hydrogen-bond donors (Lipinski definition) is 2. The van der Waals surface area contributed by atoms with E-state index in [2.05, 4.69) is 66.0 Å². The third-order valence-electron chi connectivity index (χ3n) is 6.55. The van der Waals surface area contributed by atoms with Crippen molar-refractivity contribution >= 4 is 0 Å². The van der Waals surface area contributed by atoms with Crippen molar-refractivity contribution in [1.29, 1.82) is 0 Å². The minimum Gasteiger partial charge on any atom is -0.341 e. The van der Waals surface area contributed by atoms with Crippen LogP contribution in [0.2, 0.25) is 0 Å². The molecule has 26 heavy (non-hydrogen) atoms. The van der Waals surface area contributed by atoms with Gasteiger partial charge in [-0.1, -0.05) is 67.1 Å². The van der Waals surface area contributed by atoms with Gasteiger partial charge in [-0.25, -0.2) is 0 Å². The van der Waals surface area contributed by atoms with Gasteiger partial charge in [0.2, 0.25) is 0 Å². The molecule has 0 radical (unpaired) electrons. The van der Waals surface area contributed by atoms with Crippen molar-refractivity contribution in [2.75, 3.05) is 13.1 Å². The first-order chi connectivity index (χ1) is 12.9. The molecule has 2 heteroatoms. The van der Waals surface area contributed by atoms with Gasteiger partial charge >= 0.3 is 0 Å². The number of quaternary nitrogens is 2. The highest BCUT2D eigenvalue weighted by Crippen LogP contribution is 2.22. The molecule has 0 bridgehead atoms. The molecule has 1 saturated carbocycles. The first kappa shape index (κ1) is 17.8. The standard InChI is InChI=1S/C24H32N2/c1-4-10-20(11-5-1)18-26-17-16-24(25-22-14-8-3-9-15-22)23(19-26)21-12-6-2-7-13-21/h1-2,4-7,10-13,22-25H,3,8-9,14-19H2/p+2/t23-,24-/m0/s1. The Morgan fingerprint density at radius 1 is 0.808 bits per heavy atom. The average molecular weight is 351 g/mol. The van der Waals surface area contributed by atoms with Crippen LogP contribution in [0.4, 0.5) is 0 Å². The summed E-state index contributed by atoms with van der Waals surface area (Å²) in [6.45, 7) is 3.75. The molecule has 2 aromatic carbocycles. The molecular weight excluding hydrogens is 316 g/mol. The number of benzene rings is 2. The third-order valence-corrected chi connectivity index (χ3v) is 6.55. The molecule has 3 N–H and O–H groups in total. The van der Waals surface area contributed by atoms with Gasteiger partial charge in [0.15, 0.2) is 0 Å². The normalized spacial score (nSPS) is 27.3. The fourth-order valence-corrected chi connectivity index (χ4v) is 5.15. The van der Waals surface area contributed by atoms with Crippen molar-refractivity contribution < 1.29 is 10.2 Å². The Kier molecular flexibility index (Phi) is 6.03. The van der Waals surface area contributed by atoms with Crippen molar-refractivity contribution in [3.63, 3.8) is 0 Å². The second kappa shape index (κ2) is 8.83. The van der Waals surface area contributed by atoms with Crippen LogP contribution in [0.15, 0.2) is 60.7 Å². The van der Waals surface area contributed by atoms with E-state index in [0.29, 0.717) is 5.92 Å². The topological polar surface area (TPSA) is 21.1 Å². The monoisotopic (exact) mass is 350 g/mol. The van der Waals surface area contributed by atoms with Gasteiger partial charge in [-0.3, -0.25) is 0 Å². The van der Waals surface area contributed by atoms with Gasteiger partial charge in [0, 0.05) is 12.0 Å². The molecule has 2 fully saturated rings. The lowest BCUT2D eigenvalue weighted by Crippen LogP contribution is -3.15. The van der Waals surface area contributed by atoms with Crippen molar-refractivity contribution in [3.05, 3.63) is 71.8 Å². The summed E-state index contributed by atoms with van der Waals surface area (Å²) in [6.07, 6.45) is 8.53. The van der Waals surface area contributed by atoms with Gasteiger partial charge in [-0.2, -0.15) is 0 Å². The second-order valence-electron chi connectivity index (χ2n) is 8.43. The minimum absolute atomic E-state index is 0.686. The molecule has 2 aliphatic rings. The number of hydrogen-bond acceptors (Lipinski definition) is 0. The number of nitrogens with two attached hydrogens (primary N) is 1. The number of likely N-dealkylation sites (tertiary alicyclic amines) is 1. The van der Waals surface area contributed by atoms with Gasteiger partial charge < -0.3 is 10.2 Å². The highest BCUT2D eigenvalue weighted by atomic mass is 15.2. The smallest absolute Gasteiger partial charge is 0.104 e. The predicted molar refractivity (Wildman–Crippen MR) is 107 cm³/mol. The van der Waals surface area contributed by atoms with E-state index in [1.807, 2.05) is 0 Å². The molecule has 1 aliphatic heterocycles. The molecule has 0 spiro atoms. The Labute approximate surface area is 158 Å². The van der Waals surface area contributed by atoms with E-state index in [1.165, 1.54) is 63.7 Å². The maximum Gasteiger partial charge on any atom is 0.104 e. The van der Waals surface area contributed by atoms with Crippen LogP contribution in [0.25, 0.3) is 0 Å². The van der Waals surface area contributed by atoms with Crippen molar-refractivity contribution in [1.82, 2.24) is 0 Å². The zero-order valence-electron chi connectivity index (χ0n) is 15.9. The summed E-state index contributed by atoms with van der Waals surface area (Å²) < 4.78 is 0. The summed E-state index contributed by atoms with van der Waals surface area (Å²) in [5.41, 5.74) is 3.03. The Balaban J connectivity index is 1.46. The molecular formula is C24H34N2+2. The number of piperidine rings is 1. The van der Waals surface area contributed by atoms with Crippen LogP contribution in [0.1, 0.15) is 55.6 Å². The predicted octanol–water partition coefficient (Wildman–Crippen LogP) is 2.52. The van der Waals surface area contributed by atoms with Crippen LogP contribution in [0.3, 0.4) is 0 Å². The van der Waals surface area contributed by atoms with E-state index in [9.17, 15) is 0 Å². The van der Waals surface area contributed by atoms with Crippen LogP contribution >= 0.6 is 0 Å². The summed E-state index contributed by atoms with van der Waals surface area (Å²) in [5, 5.41) is 2.77. The molecule has 4 rings (SSSR count). The summed E-state index contributed by atoms with van der Waals surface area (Å²) in [4.78, 5) is 1.75. The number of rotatable bonds is 5. The highest BCUT2D eigenvalue weighted by molar-refractivity contribution is 5.21. The molecule has 138 valence electrons. The van der Waals surface area contributed by atoms with Gasteiger partial charge in [0.1, 0.15) is 12.6 Å². The van der Waals surface area contributed by atoms with E-state index in [1.54, 1.807) is 10.5 Å². The molecule has 1 saturated heterocycles. The van der Waals surface area contributed by atoms with Crippen LogP contribution in [-0.4, -0.2) is 25.2 Å². The Morgan fingerprint density at radius 2 is 1.50 bits per heavy atom. The van der Waals surface area contributed by atoms with Gasteiger partial charge in [-0.15, -0.1) is 0 Å². The van der Waals surface area contributed by atoms with Crippen LogP contribution in [0.5, 0.6) is 0 Å². The maximum absolute atomic E-state index is 2.77. The van der Waals surface area contributed by atoms with Crippen molar-refractivity contribution in [2.45, 2.75) is 63.1 Å². The SMILES string of the molecule is c1ccc(C[NH+]2CC[C@H]([NH2+]C3CCCCC3)[C@H](c3ccccc3)C2)cc1. The van der Waals surface area contributed by atoms with Gasteiger partial charge in [-0.05, 0) is 31.2 Å². The lowest BCUT2D eigenvalue weighted by molar-refractivity contribution is -0.929. The molecule has 0 amide bonds. The summed E-state index contributed by atoms with van der Waals surface area (Å²) in [5.74, 6) is 0.686. The average Bonchev–Trinajstić information content (AvgIpc) is 2.71. The quantitative estimate of drug-likeness (QED) is 0.827. The lowest BCUT2D eigenvalue weighted by Gasteiger charge is -2.37. The Hall–Kier alpha value is -1.64. The molecule has 0 aromatic heterocycles. The van der Waals surface area contributed by atoms with E-state index < -0.39 is 0 Å². The minimum atomic E-state index is 0.686. The van der Waals surface area contributed by atoms with E-state index in [0.717, 1.165) is 12.1 Å². The van der Waals surface area contributed by atoms with Crippen molar-refractivity contribution in [2.24, 2.45) is 0 Å². The summed E-state index contributed by atoms with van der Waals surface area (Å²) >= 11 is 0. The third kappa shape index (κ3) is 4.55. The molecule has 1 heterocycles. The fourth-order valence-electron chi connectivity index (χ4n) is 5.15. The summed E-state index contributed by atoms with van der Waals surface area (Å²) in [6, 6.07) is 24.0. The Morgan fingerprint density at radius 3 is 2.23 bits per heavy atom. The number of nitrogens with one attached hydrogen (secondary N) is 1. The van der Waals surface area contributed by atoms with Gasteiger partial charge in [0.25, 0.3) is 0 Å². The lowest BCUT2D eigenvalue weighted by atomic mass is 9.84. The maximum atomic E-state index is 2.77. The Bertz CT molecular complexity index is 648. The molecule has 2 aromatic rings.